The van der Waals surface area contributed by atoms with Gasteiger partial charge in [0, 0.05) is 32.6 Å². The monoisotopic (exact) mass is 328 g/mol. The van der Waals surface area contributed by atoms with E-state index in [1.807, 2.05) is 18.2 Å². The number of hydrogen-bond acceptors (Lipinski definition) is 3. The first kappa shape index (κ1) is 15.8. The fourth-order valence-electron chi connectivity index (χ4n) is 5.07. The molecule has 2 saturated carbocycles. The number of anilines is 1. The molecular formula is C20H28N2O2. The second-order valence-electron chi connectivity index (χ2n) is 7.68. The van der Waals surface area contributed by atoms with Crippen molar-refractivity contribution in [3.63, 3.8) is 0 Å². The van der Waals surface area contributed by atoms with Gasteiger partial charge < -0.3 is 14.5 Å². The van der Waals surface area contributed by atoms with E-state index >= 15 is 0 Å². The van der Waals surface area contributed by atoms with Crippen LogP contribution in [0.1, 0.15) is 32.1 Å². The number of fused-ring (bicyclic) bond motifs is 2. The standard InChI is InChI=1S/C20H28N2O2/c1-24-19-5-3-2-4-18(19)21-8-10-22(11-9-21)20(23)14-17-13-15-6-7-16(17)12-15/h2-5,15-17H,6-14H2,1H3. The molecule has 2 aliphatic carbocycles. The Morgan fingerprint density at radius 3 is 2.58 bits per heavy atom. The zero-order chi connectivity index (χ0) is 16.5. The minimum Gasteiger partial charge on any atom is -0.495 e. The second kappa shape index (κ2) is 6.66. The summed E-state index contributed by atoms with van der Waals surface area (Å²) in [5, 5.41) is 0. The molecule has 4 nitrogen and oxygen atoms in total. The summed E-state index contributed by atoms with van der Waals surface area (Å²) >= 11 is 0. The molecule has 3 aliphatic rings. The van der Waals surface area contributed by atoms with Crippen LogP contribution in [0.5, 0.6) is 5.75 Å². The predicted octanol–water partition coefficient (Wildman–Crippen LogP) is 3.17. The Balaban J connectivity index is 1.32. The molecule has 130 valence electrons. The zero-order valence-electron chi connectivity index (χ0n) is 14.6. The highest BCUT2D eigenvalue weighted by atomic mass is 16.5. The molecule has 1 aromatic carbocycles. The number of carbonyl (C=O) groups is 1. The number of ether oxygens (including phenoxy) is 1. The lowest BCUT2D eigenvalue weighted by atomic mass is 9.86. The number of para-hydroxylation sites is 2. The molecule has 1 aromatic rings. The third kappa shape index (κ3) is 2.99. The molecule has 1 saturated heterocycles. The van der Waals surface area contributed by atoms with E-state index in [1.54, 1.807) is 7.11 Å². The number of nitrogens with zero attached hydrogens (tertiary/aromatic N) is 2. The van der Waals surface area contributed by atoms with Gasteiger partial charge in [0.15, 0.2) is 0 Å². The molecule has 3 atom stereocenters. The Kier molecular flexibility index (Phi) is 4.38. The smallest absolute Gasteiger partial charge is 0.222 e. The van der Waals surface area contributed by atoms with Crippen molar-refractivity contribution in [3.05, 3.63) is 24.3 Å². The maximum atomic E-state index is 12.7. The summed E-state index contributed by atoms with van der Waals surface area (Å²) in [5.41, 5.74) is 1.14. The summed E-state index contributed by atoms with van der Waals surface area (Å²) < 4.78 is 5.47. The van der Waals surface area contributed by atoms with Gasteiger partial charge in [0.25, 0.3) is 0 Å². The Morgan fingerprint density at radius 2 is 1.92 bits per heavy atom. The maximum absolute atomic E-state index is 12.7. The highest BCUT2D eigenvalue weighted by Gasteiger charge is 2.40. The van der Waals surface area contributed by atoms with E-state index in [9.17, 15) is 4.79 Å². The molecule has 0 spiro atoms. The molecule has 0 N–H and O–H groups in total. The average molecular weight is 328 g/mol. The van der Waals surface area contributed by atoms with Crippen LogP contribution in [-0.4, -0.2) is 44.1 Å². The van der Waals surface area contributed by atoms with Crippen LogP contribution in [0.25, 0.3) is 0 Å². The van der Waals surface area contributed by atoms with Crippen LogP contribution < -0.4 is 9.64 Å². The highest BCUT2D eigenvalue weighted by Crippen LogP contribution is 2.49. The van der Waals surface area contributed by atoms with Crippen LogP contribution in [0, 0.1) is 17.8 Å². The molecule has 1 aliphatic heterocycles. The van der Waals surface area contributed by atoms with Gasteiger partial charge in [-0.15, -0.1) is 0 Å². The summed E-state index contributed by atoms with van der Waals surface area (Å²) in [6.07, 6.45) is 6.25. The number of hydrogen-bond donors (Lipinski definition) is 0. The number of benzene rings is 1. The summed E-state index contributed by atoms with van der Waals surface area (Å²) in [4.78, 5) is 17.1. The topological polar surface area (TPSA) is 32.8 Å². The number of methoxy groups -OCH3 is 1. The van der Waals surface area contributed by atoms with Crippen molar-refractivity contribution in [3.8, 4) is 5.75 Å². The van der Waals surface area contributed by atoms with E-state index in [-0.39, 0.29) is 0 Å². The molecule has 4 heteroatoms. The normalized spacial score (nSPS) is 29.1. The third-order valence-electron chi connectivity index (χ3n) is 6.38. The molecule has 3 unspecified atom stereocenters. The summed E-state index contributed by atoms with van der Waals surface area (Å²) in [6, 6.07) is 8.15. The van der Waals surface area contributed by atoms with Gasteiger partial charge in [-0.25, -0.2) is 0 Å². The number of rotatable bonds is 4. The van der Waals surface area contributed by atoms with Crippen molar-refractivity contribution in [1.29, 1.82) is 0 Å². The maximum Gasteiger partial charge on any atom is 0.222 e. The zero-order valence-corrected chi connectivity index (χ0v) is 14.6. The van der Waals surface area contributed by atoms with Gasteiger partial charge in [-0.05, 0) is 49.1 Å². The van der Waals surface area contributed by atoms with Crippen LogP contribution >= 0.6 is 0 Å². The lowest BCUT2D eigenvalue weighted by molar-refractivity contribution is -0.132. The van der Waals surface area contributed by atoms with Gasteiger partial charge in [-0.2, -0.15) is 0 Å². The SMILES string of the molecule is COc1ccccc1N1CCN(C(=O)CC2CC3CCC2C3)CC1. The molecule has 3 fully saturated rings. The Hall–Kier alpha value is -1.71. The fraction of sp³-hybridized carbons (Fsp3) is 0.650. The van der Waals surface area contributed by atoms with Gasteiger partial charge in [-0.3, -0.25) is 4.79 Å². The van der Waals surface area contributed by atoms with Crippen LogP contribution in [0.15, 0.2) is 24.3 Å². The Bertz CT molecular complexity index is 595. The lowest BCUT2D eigenvalue weighted by Crippen LogP contribution is -2.49. The molecule has 4 rings (SSSR count). The molecular weight excluding hydrogens is 300 g/mol. The van der Waals surface area contributed by atoms with Gasteiger partial charge in [-0.1, -0.05) is 18.6 Å². The third-order valence-corrected chi connectivity index (χ3v) is 6.38. The van der Waals surface area contributed by atoms with Crippen LogP contribution in [0.2, 0.25) is 0 Å². The van der Waals surface area contributed by atoms with E-state index in [2.05, 4.69) is 15.9 Å². The molecule has 2 bridgehead atoms. The molecule has 0 radical (unpaired) electrons. The molecule has 1 amide bonds. The van der Waals surface area contributed by atoms with Gasteiger partial charge >= 0.3 is 0 Å². The lowest BCUT2D eigenvalue weighted by Gasteiger charge is -2.37. The Morgan fingerprint density at radius 1 is 1.12 bits per heavy atom. The largest absolute Gasteiger partial charge is 0.495 e. The highest BCUT2D eigenvalue weighted by molar-refractivity contribution is 5.77. The fourth-order valence-corrected chi connectivity index (χ4v) is 5.07. The number of piperazine rings is 1. The van der Waals surface area contributed by atoms with E-state index in [0.29, 0.717) is 11.8 Å². The minimum atomic E-state index is 0.382. The van der Waals surface area contributed by atoms with E-state index in [0.717, 1.165) is 55.9 Å². The number of carbonyl (C=O) groups excluding carboxylic acids is 1. The van der Waals surface area contributed by atoms with Crippen molar-refractivity contribution < 1.29 is 9.53 Å². The number of amides is 1. The van der Waals surface area contributed by atoms with Crippen LogP contribution in [0.4, 0.5) is 5.69 Å². The van der Waals surface area contributed by atoms with Crippen LogP contribution in [-0.2, 0) is 4.79 Å². The van der Waals surface area contributed by atoms with Crippen molar-refractivity contribution >= 4 is 11.6 Å². The van der Waals surface area contributed by atoms with Crippen molar-refractivity contribution in [2.24, 2.45) is 17.8 Å². The summed E-state index contributed by atoms with van der Waals surface area (Å²) in [7, 11) is 1.72. The van der Waals surface area contributed by atoms with E-state index in [1.165, 1.54) is 25.7 Å². The predicted molar refractivity (Wildman–Crippen MR) is 95.3 cm³/mol. The average Bonchev–Trinajstić information content (AvgIpc) is 3.25. The molecule has 0 aromatic heterocycles. The minimum absolute atomic E-state index is 0.382. The van der Waals surface area contributed by atoms with Crippen molar-refractivity contribution in [2.45, 2.75) is 32.1 Å². The van der Waals surface area contributed by atoms with Gasteiger partial charge in [0.2, 0.25) is 5.91 Å². The van der Waals surface area contributed by atoms with E-state index in [4.69, 9.17) is 4.74 Å². The first-order valence-corrected chi connectivity index (χ1v) is 9.40. The summed E-state index contributed by atoms with van der Waals surface area (Å²) in [5.74, 6) is 3.74. The van der Waals surface area contributed by atoms with Gasteiger partial charge in [0.1, 0.15) is 5.75 Å². The molecule has 1 heterocycles. The first-order valence-electron chi connectivity index (χ1n) is 9.40. The van der Waals surface area contributed by atoms with Crippen molar-refractivity contribution in [2.75, 3.05) is 38.2 Å². The van der Waals surface area contributed by atoms with Crippen LogP contribution in [0.3, 0.4) is 0 Å². The van der Waals surface area contributed by atoms with E-state index < -0.39 is 0 Å². The first-order chi connectivity index (χ1) is 11.7. The quantitative estimate of drug-likeness (QED) is 0.851. The van der Waals surface area contributed by atoms with Gasteiger partial charge in [0.05, 0.1) is 12.8 Å². The van der Waals surface area contributed by atoms with Crippen molar-refractivity contribution in [1.82, 2.24) is 4.90 Å². The molecule has 24 heavy (non-hydrogen) atoms. The Labute approximate surface area is 144 Å². The second-order valence-corrected chi connectivity index (χ2v) is 7.68. The summed E-state index contributed by atoms with van der Waals surface area (Å²) in [6.45, 7) is 3.45.